The first kappa shape index (κ1) is 15.3. The van der Waals surface area contributed by atoms with Crippen LogP contribution in [-0.2, 0) is 14.3 Å². The number of hydrogen-bond acceptors (Lipinski definition) is 3. The first-order chi connectivity index (χ1) is 10.5. The summed E-state index contributed by atoms with van der Waals surface area (Å²) in [6, 6.07) is 7.65. The SMILES string of the molecule is NC(=O)[C@@H]1CC[C@H](CNC(=O)[C@H]2C[C@H]2c2cccc(Cl)c2)O1. The van der Waals surface area contributed by atoms with Gasteiger partial charge in [-0.05, 0) is 42.9 Å². The molecule has 1 saturated carbocycles. The molecule has 0 bridgehead atoms. The number of nitrogens with one attached hydrogen (secondary N) is 1. The van der Waals surface area contributed by atoms with Gasteiger partial charge in [0.15, 0.2) is 0 Å². The van der Waals surface area contributed by atoms with Gasteiger partial charge in [-0.2, -0.15) is 0 Å². The maximum Gasteiger partial charge on any atom is 0.246 e. The van der Waals surface area contributed by atoms with Crippen LogP contribution in [0.2, 0.25) is 5.02 Å². The molecule has 0 radical (unpaired) electrons. The minimum absolute atomic E-state index is 0.00630. The van der Waals surface area contributed by atoms with Crippen LogP contribution in [0.5, 0.6) is 0 Å². The average molecular weight is 323 g/mol. The molecule has 0 aromatic heterocycles. The van der Waals surface area contributed by atoms with Crippen molar-refractivity contribution in [3.05, 3.63) is 34.9 Å². The molecule has 22 heavy (non-hydrogen) atoms. The summed E-state index contributed by atoms with van der Waals surface area (Å²) in [4.78, 5) is 23.2. The van der Waals surface area contributed by atoms with Gasteiger partial charge in [0.1, 0.15) is 6.10 Å². The lowest BCUT2D eigenvalue weighted by Crippen LogP contribution is -2.35. The van der Waals surface area contributed by atoms with Crippen molar-refractivity contribution in [2.45, 2.75) is 37.4 Å². The summed E-state index contributed by atoms with van der Waals surface area (Å²) >= 11 is 5.98. The third-order valence-electron chi connectivity index (χ3n) is 4.33. The summed E-state index contributed by atoms with van der Waals surface area (Å²) in [6.45, 7) is 0.432. The molecule has 0 spiro atoms. The Morgan fingerprint density at radius 2 is 2.18 bits per heavy atom. The second-order valence-electron chi connectivity index (χ2n) is 5.98. The van der Waals surface area contributed by atoms with Gasteiger partial charge in [0, 0.05) is 17.5 Å². The van der Waals surface area contributed by atoms with Crippen molar-refractivity contribution < 1.29 is 14.3 Å². The van der Waals surface area contributed by atoms with Gasteiger partial charge in [-0.1, -0.05) is 23.7 Å². The van der Waals surface area contributed by atoms with Gasteiger partial charge >= 0.3 is 0 Å². The van der Waals surface area contributed by atoms with Crippen molar-refractivity contribution in [2.24, 2.45) is 11.7 Å². The minimum atomic E-state index is -0.512. The highest BCUT2D eigenvalue weighted by Crippen LogP contribution is 2.47. The predicted molar refractivity (Wildman–Crippen MR) is 82.4 cm³/mol. The molecule has 2 fully saturated rings. The highest BCUT2D eigenvalue weighted by molar-refractivity contribution is 6.30. The molecule has 1 saturated heterocycles. The lowest BCUT2D eigenvalue weighted by Gasteiger charge is -2.12. The Hall–Kier alpha value is -1.59. The van der Waals surface area contributed by atoms with Crippen LogP contribution in [-0.4, -0.2) is 30.6 Å². The molecule has 3 N–H and O–H groups in total. The zero-order chi connectivity index (χ0) is 15.7. The van der Waals surface area contributed by atoms with E-state index < -0.39 is 12.0 Å². The van der Waals surface area contributed by atoms with E-state index in [1.807, 2.05) is 24.3 Å². The molecule has 118 valence electrons. The van der Waals surface area contributed by atoms with Crippen molar-refractivity contribution in [1.29, 1.82) is 0 Å². The van der Waals surface area contributed by atoms with Crippen molar-refractivity contribution in [3.8, 4) is 0 Å². The van der Waals surface area contributed by atoms with Gasteiger partial charge in [-0.15, -0.1) is 0 Å². The molecule has 4 atom stereocenters. The number of amides is 2. The number of carbonyl (C=O) groups excluding carboxylic acids is 2. The maximum atomic E-state index is 12.2. The molecular formula is C16H19ClN2O3. The smallest absolute Gasteiger partial charge is 0.246 e. The molecule has 1 aromatic carbocycles. The fourth-order valence-corrected chi connectivity index (χ4v) is 3.20. The molecule has 5 nitrogen and oxygen atoms in total. The molecule has 1 aliphatic carbocycles. The number of rotatable bonds is 5. The standard InChI is InChI=1S/C16H19ClN2O3/c17-10-3-1-2-9(6-10)12-7-13(12)16(21)19-8-11-4-5-14(22-11)15(18)20/h1-3,6,11-14H,4-5,7-8H2,(H2,18,20)(H,19,21)/t11-,12+,13+,14+/m1/s1. The number of hydrogen-bond donors (Lipinski definition) is 2. The van der Waals surface area contributed by atoms with Gasteiger partial charge in [0.25, 0.3) is 0 Å². The number of benzene rings is 1. The molecule has 1 heterocycles. The Balaban J connectivity index is 1.45. The Bertz CT molecular complexity index is 593. The van der Waals surface area contributed by atoms with Gasteiger partial charge in [0.2, 0.25) is 11.8 Å². The van der Waals surface area contributed by atoms with E-state index in [9.17, 15) is 9.59 Å². The Morgan fingerprint density at radius 3 is 2.86 bits per heavy atom. The summed E-state index contributed by atoms with van der Waals surface area (Å²) < 4.78 is 5.49. The van der Waals surface area contributed by atoms with Crippen molar-refractivity contribution >= 4 is 23.4 Å². The monoisotopic (exact) mass is 322 g/mol. The normalized spacial score (nSPS) is 30.0. The second-order valence-corrected chi connectivity index (χ2v) is 6.41. The Labute approximate surface area is 134 Å². The first-order valence-corrected chi connectivity index (χ1v) is 7.90. The van der Waals surface area contributed by atoms with Gasteiger partial charge < -0.3 is 15.8 Å². The third kappa shape index (κ3) is 3.42. The lowest BCUT2D eigenvalue weighted by atomic mass is 10.1. The molecule has 2 amide bonds. The van der Waals surface area contributed by atoms with E-state index in [0.717, 1.165) is 18.4 Å². The topological polar surface area (TPSA) is 81.4 Å². The molecule has 1 aliphatic heterocycles. The third-order valence-corrected chi connectivity index (χ3v) is 4.57. The minimum Gasteiger partial charge on any atom is -0.367 e. The Kier molecular flexibility index (Phi) is 4.36. The first-order valence-electron chi connectivity index (χ1n) is 7.52. The van der Waals surface area contributed by atoms with Crippen LogP contribution in [0.1, 0.15) is 30.7 Å². The van der Waals surface area contributed by atoms with Crippen LogP contribution in [0.15, 0.2) is 24.3 Å². The second kappa shape index (κ2) is 6.26. The van der Waals surface area contributed by atoms with Crippen LogP contribution in [0, 0.1) is 5.92 Å². The van der Waals surface area contributed by atoms with Crippen molar-refractivity contribution in [1.82, 2.24) is 5.32 Å². The molecule has 1 aromatic rings. The quantitative estimate of drug-likeness (QED) is 0.863. The number of ether oxygens (including phenoxy) is 1. The summed E-state index contributed by atoms with van der Waals surface area (Å²) in [5.41, 5.74) is 6.32. The molecule has 0 unspecified atom stereocenters. The summed E-state index contributed by atoms with van der Waals surface area (Å²) in [7, 11) is 0. The van der Waals surface area contributed by atoms with E-state index in [2.05, 4.69) is 5.32 Å². The zero-order valence-corrected chi connectivity index (χ0v) is 12.9. The van der Waals surface area contributed by atoms with Crippen LogP contribution < -0.4 is 11.1 Å². The molecular weight excluding hydrogens is 304 g/mol. The maximum absolute atomic E-state index is 12.2. The van der Waals surface area contributed by atoms with E-state index in [-0.39, 0.29) is 23.8 Å². The van der Waals surface area contributed by atoms with Crippen molar-refractivity contribution in [3.63, 3.8) is 0 Å². The van der Waals surface area contributed by atoms with E-state index in [0.29, 0.717) is 18.0 Å². The number of nitrogens with two attached hydrogens (primary N) is 1. The Morgan fingerprint density at radius 1 is 1.36 bits per heavy atom. The van der Waals surface area contributed by atoms with Gasteiger partial charge in [-0.3, -0.25) is 9.59 Å². The van der Waals surface area contributed by atoms with E-state index in [4.69, 9.17) is 22.1 Å². The predicted octanol–water partition coefficient (Wildman–Crippen LogP) is 1.59. The number of carbonyl (C=O) groups is 2. The van der Waals surface area contributed by atoms with Gasteiger partial charge in [0.05, 0.1) is 6.10 Å². The van der Waals surface area contributed by atoms with Crippen molar-refractivity contribution in [2.75, 3.05) is 6.54 Å². The van der Waals surface area contributed by atoms with Crippen LogP contribution in [0.3, 0.4) is 0 Å². The fourth-order valence-electron chi connectivity index (χ4n) is 3.00. The fraction of sp³-hybridized carbons (Fsp3) is 0.500. The average Bonchev–Trinajstić information content (AvgIpc) is 3.15. The highest BCUT2D eigenvalue weighted by atomic mass is 35.5. The van der Waals surface area contributed by atoms with E-state index in [1.165, 1.54) is 0 Å². The molecule has 3 rings (SSSR count). The number of primary amides is 1. The summed E-state index contributed by atoms with van der Waals surface area (Å²) in [5, 5.41) is 3.61. The highest BCUT2D eigenvalue weighted by Gasteiger charge is 2.44. The van der Waals surface area contributed by atoms with Gasteiger partial charge in [-0.25, -0.2) is 0 Å². The van der Waals surface area contributed by atoms with E-state index >= 15 is 0 Å². The van der Waals surface area contributed by atoms with Crippen LogP contribution >= 0.6 is 11.6 Å². The van der Waals surface area contributed by atoms with Crippen LogP contribution in [0.4, 0.5) is 0 Å². The molecule has 2 aliphatic rings. The summed E-state index contributed by atoms with van der Waals surface area (Å²) in [6.07, 6.45) is 1.59. The lowest BCUT2D eigenvalue weighted by molar-refractivity contribution is -0.128. The zero-order valence-electron chi connectivity index (χ0n) is 12.1. The molecule has 6 heteroatoms. The van der Waals surface area contributed by atoms with Crippen LogP contribution in [0.25, 0.3) is 0 Å². The number of halogens is 1. The van der Waals surface area contributed by atoms with E-state index in [1.54, 1.807) is 0 Å². The largest absolute Gasteiger partial charge is 0.367 e. The summed E-state index contributed by atoms with van der Waals surface area (Å²) in [5.74, 6) is -0.137.